The van der Waals surface area contributed by atoms with E-state index in [1.165, 1.54) is 0 Å². The number of rotatable bonds is 9. The summed E-state index contributed by atoms with van der Waals surface area (Å²) >= 11 is 7.32. The lowest BCUT2D eigenvalue weighted by Gasteiger charge is -2.42. The van der Waals surface area contributed by atoms with Gasteiger partial charge in [0.15, 0.2) is 0 Å². The van der Waals surface area contributed by atoms with Gasteiger partial charge in [-0.1, -0.05) is 0 Å². The smallest absolute Gasteiger partial charge is 0.229 e. The summed E-state index contributed by atoms with van der Waals surface area (Å²) in [5, 5.41) is 6.54. The molecule has 0 atom stereocenters. The van der Waals surface area contributed by atoms with Gasteiger partial charge >= 0.3 is 0 Å². The zero-order valence-electron chi connectivity index (χ0n) is 25.6. The van der Waals surface area contributed by atoms with Crippen molar-refractivity contribution in [1.29, 1.82) is 0 Å². The summed E-state index contributed by atoms with van der Waals surface area (Å²) in [4.78, 5) is 16.6. The van der Waals surface area contributed by atoms with E-state index in [4.69, 9.17) is 9.47 Å². The van der Waals surface area contributed by atoms with Crippen LogP contribution in [0.2, 0.25) is 0 Å². The molecule has 4 heterocycles. The Bertz CT molecular complexity index is 1660. The molecule has 6 rings (SSSR count). The van der Waals surface area contributed by atoms with Crippen molar-refractivity contribution < 1.29 is 17.9 Å². The number of anilines is 6. The fourth-order valence-corrected chi connectivity index (χ4v) is 7.54. The number of methoxy groups -OCH3 is 1. The quantitative estimate of drug-likeness (QED) is 0.272. The molecule has 3 N–H and O–H groups in total. The fourth-order valence-electron chi connectivity index (χ4n) is 6.09. The van der Waals surface area contributed by atoms with Gasteiger partial charge in [-0.25, -0.2) is 13.4 Å². The highest BCUT2D eigenvalue weighted by molar-refractivity contribution is 9.11. The van der Waals surface area contributed by atoms with E-state index >= 15 is 0 Å². The molecule has 2 fully saturated rings. The number of nitrogens with zero attached hydrogens (tertiary/aromatic N) is 5. The molecule has 0 bridgehead atoms. The Labute approximate surface area is 281 Å². The van der Waals surface area contributed by atoms with Crippen LogP contribution in [0.15, 0.2) is 39.4 Å². The monoisotopic (exact) mass is 764 g/mol. The summed E-state index contributed by atoms with van der Waals surface area (Å²) in [5.74, 6) is 2.16. The molecule has 3 aliphatic rings. The number of piperidine rings is 1. The molecule has 12 nitrogen and oxygen atoms in total. The molecule has 2 saturated heterocycles. The first kappa shape index (κ1) is 32.1. The standard InChI is InChI=1S/C30H38Br2N8O4S/c1-38-9-11-39(12-10-38)20-4-7-40(8-5-20)26-17-28(43-2)25(15-21(26)31)35-30-33-18-22(32)29(36-30)34-23-16-27-19(6-13-44-27)14-24(23)37-45(3,41)42/h14-18,20,37H,4-13H2,1-3H3,(H2,33,34,35,36). The van der Waals surface area contributed by atoms with Crippen molar-refractivity contribution in [2.24, 2.45) is 0 Å². The number of sulfonamides is 1. The Morgan fingerprint density at radius 2 is 1.71 bits per heavy atom. The number of piperazine rings is 1. The molecular formula is C30H38Br2N8O4S. The van der Waals surface area contributed by atoms with Crippen LogP contribution >= 0.6 is 31.9 Å². The molecule has 0 spiro atoms. The Morgan fingerprint density at radius 1 is 0.956 bits per heavy atom. The molecule has 1 aromatic heterocycles. The van der Waals surface area contributed by atoms with E-state index in [2.05, 4.69) is 78.9 Å². The number of ether oxygens (including phenoxy) is 2. The lowest BCUT2D eigenvalue weighted by atomic mass is 10.0. The second kappa shape index (κ2) is 13.5. The highest BCUT2D eigenvalue weighted by Gasteiger charge is 2.28. The zero-order chi connectivity index (χ0) is 31.7. The average Bonchev–Trinajstić information content (AvgIpc) is 3.46. The second-order valence-corrected chi connectivity index (χ2v) is 15.1. The normalized spacial score (nSPS) is 17.9. The van der Waals surface area contributed by atoms with Gasteiger partial charge in [0, 0.05) is 74.5 Å². The second-order valence-electron chi connectivity index (χ2n) is 11.7. The minimum atomic E-state index is -3.52. The van der Waals surface area contributed by atoms with Gasteiger partial charge in [0.25, 0.3) is 0 Å². The van der Waals surface area contributed by atoms with Crippen LogP contribution in [0.3, 0.4) is 0 Å². The maximum Gasteiger partial charge on any atom is 0.229 e. The van der Waals surface area contributed by atoms with E-state index < -0.39 is 10.0 Å². The molecule has 3 aromatic rings. The van der Waals surface area contributed by atoms with Crippen molar-refractivity contribution in [1.82, 2.24) is 19.8 Å². The third-order valence-corrected chi connectivity index (χ3v) is 10.3. The third-order valence-electron chi connectivity index (χ3n) is 8.50. The van der Waals surface area contributed by atoms with Gasteiger partial charge in [-0.15, -0.1) is 0 Å². The van der Waals surface area contributed by atoms with Crippen LogP contribution in [0.1, 0.15) is 18.4 Å². The maximum absolute atomic E-state index is 12.1. The zero-order valence-corrected chi connectivity index (χ0v) is 29.6. The van der Waals surface area contributed by atoms with Crippen molar-refractivity contribution >= 4 is 76.4 Å². The van der Waals surface area contributed by atoms with Gasteiger partial charge in [-0.3, -0.25) is 9.62 Å². The van der Waals surface area contributed by atoms with Gasteiger partial charge in [0.05, 0.1) is 47.2 Å². The highest BCUT2D eigenvalue weighted by Crippen LogP contribution is 2.40. The van der Waals surface area contributed by atoms with E-state index in [0.717, 1.165) is 74.1 Å². The molecule has 0 saturated carbocycles. The Kier molecular flexibility index (Phi) is 9.62. The van der Waals surface area contributed by atoms with Crippen LogP contribution in [0, 0.1) is 0 Å². The minimum absolute atomic E-state index is 0.335. The van der Waals surface area contributed by atoms with Gasteiger partial charge in [0.1, 0.15) is 17.3 Å². The molecule has 0 aliphatic carbocycles. The van der Waals surface area contributed by atoms with Crippen molar-refractivity contribution in [3.63, 3.8) is 0 Å². The number of nitrogens with one attached hydrogen (secondary N) is 3. The van der Waals surface area contributed by atoms with Gasteiger partial charge < -0.3 is 29.9 Å². The molecule has 0 amide bonds. The van der Waals surface area contributed by atoms with E-state index in [-0.39, 0.29) is 0 Å². The third kappa shape index (κ3) is 7.59. The number of aromatic nitrogens is 2. The van der Waals surface area contributed by atoms with Crippen molar-refractivity contribution in [3.8, 4) is 11.5 Å². The fraction of sp³-hybridized carbons (Fsp3) is 0.467. The topological polar surface area (TPSA) is 124 Å². The highest BCUT2D eigenvalue weighted by atomic mass is 79.9. The molecule has 0 radical (unpaired) electrons. The van der Waals surface area contributed by atoms with E-state index in [0.29, 0.717) is 63.9 Å². The van der Waals surface area contributed by atoms with Crippen molar-refractivity contribution in [2.75, 3.05) is 86.5 Å². The maximum atomic E-state index is 12.1. The Balaban J connectivity index is 1.18. The lowest BCUT2D eigenvalue weighted by Crippen LogP contribution is -2.52. The molecular weight excluding hydrogens is 728 g/mol. The number of likely N-dealkylation sites (N-methyl/N-ethyl adjacent to an activating group) is 1. The first-order valence-electron chi connectivity index (χ1n) is 15.0. The first-order chi connectivity index (χ1) is 21.6. The molecule has 2 aromatic carbocycles. The first-order valence-corrected chi connectivity index (χ1v) is 18.4. The molecule has 242 valence electrons. The summed E-state index contributed by atoms with van der Waals surface area (Å²) < 4.78 is 39.9. The molecule has 15 heteroatoms. The Morgan fingerprint density at radius 3 is 2.42 bits per heavy atom. The predicted molar refractivity (Wildman–Crippen MR) is 185 cm³/mol. The van der Waals surface area contributed by atoms with Crippen LogP contribution in [0.4, 0.5) is 34.5 Å². The molecule has 3 aliphatic heterocycles. The van der Waals surface area contributed by atoms with Crippen molar-refractivity contribution in [3.05, 3.63) is 45.0 Å². The van der Waals surface area contributed by atoms with Crippen LogP contribution in [0.25, 0.3) is 0 Å². The number of halogens is 2. The molecule has 45 heavy (non-hydrogen) atoms. The SMILES string of the molecule is COc1cc(N2CCC(N3CCN(C)CC3)CC2)c(Br)cc1Nc1ncc(Br)c(Nc2cc3c(cc2NS(C)(=O)=O)CCO3)n1. The van der Waals surface area contributed by atoms with Crippen LogP contribution in [0.5, 0.6) is 11.5 Å². The van der Waals surface area contributed by atoms with Crippen molar-refractivity contribution in [2.45, 2.75) is 25.3 Å². The Hall–Kier alpha value is -2.85. The van der Waals surface area contributed by atoms with Crippen LogP contribution < -0.4 is 29.7 Å². The summed E-state index contributed by atoms with van der Waals surface area (Å²) in [7, 11) is 0.336. The number of benzene rings is 2. The minimum Gasteiger partial charge on any atom is -0.494 e. The number of fused-ring (bicyclic) bond motifs is 1. The molecule has 0 unspecified atom stereocenters. The van der Waals surface area contributed by atoms with E-state index in [1.54, 1.807) is 25.4 Å². The van der Waals surface area contributed by atoms with E-state index in [1.807, 2.05) is 12.1 Å². The summed E-state index contributed by atoms with van der Waals surface area (Å²) in [5.41, 5.74) is 3.66. The predicted octanol–water partition coefficient (Wildman–Crippen LogP) is 5.02. The number of hydrogen-bond donors (Lipinski definition) is 3. The largest absolute Gasteiger partial charge is 0.494 e. The average molecular weight is 767 g/mol. The number of hydrogen-bond acceptors (Lipinski definition) is 11. The van der Waals surface area contributed by atoms with Gasteiger partial charge in [-0.05, 0) is 69.4 Å². The van der Waals surface area contributed by atoms with Gasteiger partial charge in [-0.2, -0.15) is 4.98 Å². The van der Waals surface area contributed by atoms with Crippen LogP contribution in [-0.4, -0.2) is 101 Å². The van der Waals surface area contributed by atoms with Crippen LogP contribution in [-0.2, 0) is 16.4 Å². The van der Waals surface area contributed by atoms with E-state index in [9.17, 15) is 8.42 Å². The lowest BCUT2D eigenvalue weighted by molar-refractivity contribution is 0.0982. The summed E-state index contributed by atoms with van der Waals surface area (Å²) in [6, 6.07) is 8.25. The summed E-state index contributed by atoms with van der Waals surface area (Å²) in [6.45, 7) is 7.10. The van der Waals surface area contributed by atoms with Gasteiger partial charge in [0.2, 0.25) is 16.0 Å². The summed E-state index contributed by atoms with van der Waals surface area (Å²) in [6.07, 6.45) is 5.74.